The van der Waals surface area contributed by atoms with Crippen LogP contribution in [-0.4, -0.2) is 26.4 Å². The quantitative estimate of drug-likeness (QED) is 0.750. The summed E-state index contributed by atoms with van der Waals surface area (Å²) >= 11 is 0. The van der Waals surface area contributed by atoms with E-state index in [0.29, 0.717) is 29.3 Å². The molecule has 27 heavy (non-hydrogen) atoms. The van der Waals surface area contributed by atoms with Crippen LogP contribution >= 0.6 is 0 Å². The highest BCUT2D eigenvalue weighted by Crippen LogP contribution is 2.30. The zero-order chi connectivity index (χ0) is 19.2. The van der Waals surface area contributed by atoms with Crippen LogP contribution < -0.4 is 11.1 Å². The Balaban J connectivity index is 1.74. The van der Waals surface area contributed by atoms with E-state index < -0.39 is 6.10 Å². The van der Waals surface area contributed by atoms with E-state index in [4.69, 9.17) is 15.2 Å². The van der Waals surface area contributed by atoms with Gasteiger partial charge in [-0.25, -0.2) is 4.39 Å². The van der Waals surface area contributed by atoms with E-state index in [1.54, 1.807) is 12.3 Å². The van der Waals surface area contributed by atoms with Crippen molar-refractivity contribution in [1.29, 1.82) is 0 Å². The standard InChI is InChI=1S/C22H29FN2O2/c1-15-6-10-17(11-9-16-7-8-16)21(23)20(15)22(26-2)19(24)14-25-13-18-5-3-4-12-27-18/h6,10,14,16,18,22,25H,3-5,7-8,12-13,24H2,1-2H3/b19-14-. The topological polar surface area (TPSA) is 56.5 Å². The largest absolute Gasteiger partial charge is 0.398 e. The van der Waals surface area contributed by atoms with E-state index in [2.05, 4.69) is 17.2 Å². The average Bonchev–Trinajstić information content (AvgIpc) is 3.49. The number of benzene rings is 1. The summed E-state index contributed by atoms with van der Waals surface area (Å²) in [7, 11) is 1.54. The maximum Gasteiger partial charge on any atom is 0.145 e. The molecular formula is C22H29FN2O2. The van der Waals surface area contributed by atoms with Crippen molar-refractivity contribution < 1.29 is 13.9 Å². The molecule has 1 saturated carbocycles. The van der Waals surface area contributed by atoms with Crippen LogP contribution in [0.1, 0.15) is 54.9 Å². The van der Waals surface area contributed by atoms with Gasteiger partial charge in [0.1, 0.15) is 11.9 Å². The first-order valence-corrected chi connectivity index (χ1v) is 9.74. The molecule has 2 unspecified atom stereocenters. The maximum absolute atomic E-state index is 15.1. The van der Waals surface area contributed by atoms with Crippen molar-refractivity contribution in [1.82, 2.24) is 5.32 Å². The molecule has 3 N–H and O–H groups in total. The van der Waals surface area contributed by atoms with E-state index in [1.807, 2.05) is 13.0 Å². The van der Waals surface area contributed by atoms with Gasteiger partial charge in [-0.1, -0.05) is 17.9 Å². The lowest BCUT2D eigenvalue weighted by Crippen LogP contribution is -2.30. The Morgan fingerprint density at radius 3 is 2.89 bits per heavy atom. The number of ether oxygens (including phenoxy) is 2. The van der Waals surface area contributed by atoms with Gasteiger partial charge in [0.05, 0.1) is 17.4 Å². The molecule has 2 atom stereocenters. The summed E-state index contributed by atoms with van der Waals surface area (Å²) in [5.74, 6) is 6.16. The third-order valence-corrected chi connectivity index (χ3v) is 5.07. The zero-order valence-corrected chi connectivity index (χ0v) is 16.2. The first-order valence-electron chi connectivity index (χ1n) is 9.74. The van der Waals surface area contributed by atoms with E-state index in [-0.39, 0.29) is 11.9 Å². The van der Waals surface area contributed by atoms with Crippen LogP contribution in [0.15, 0.2) is 24.0 Å². The Kier molecular flexibility index (Phi) is 6.76. The first-order chi connectivity index (χ1) is 13.1. The van der Waals surface area contributed by atoms with Gasteiger partial charge in [0.25, 0.3) is 0 Å². The smallest absolute Gasteiger partial charge is 0.145 e. The van der Waals surface area contributed by atoms with E-state index in [0.717, 1.165) is 37.9 Å². The minimum atomic E-state index is -0.660. The first kappa shape index (κ1) is 19.7. The van der Waals surface area contributed by atoms with Crippen LogP contribution in [0.5, 0.6) is 0 Å². The Bertz CT molecular complexity index is 741. The lowest BCUT2D eigenvalue weighted by Gasteiger charge is -2.23. The highest BCUT2D eigenvalue weighted by molar-refractivity contribution is 5.45. The summed E-state index contributed by atoms with van der Waals surface area (Å²) in [6, 6.07) is 3.60. The van der Waals surface area contributed by atoms with Gasteiger partial charge in [-0.2, -0.15) is 0 Å². The van der Waals surface area contributed by atoms with Gasteiger partial charge in [0.2, 0.25) is 0 Å². The van der Waals surface area contributed by atoms with Crippen LogP contribution in [0, 0.1) is 30.5 Å². The lowest BCUT2D eigenvalue weighted by molar-refractivity contribution is 0.0187. The molecule has 0 amide bonds. The second kappa shape index (κ2) is 9.25. The number of methoxy groups -OCH3 is 1. The van der Waals surface area contributed by atoms with Crippen molar-refractivity contribution in [3.8, 4) is 11.8 Å². The average molecular weight is 372 g/mol. The molecular weight excluding hydrogens is 343 g/mol. The SMILES string of the molecule is COC(/C(N)=C/NCC1CCCCO1)c1c(C)ccc(C#CC2CC2)c1F. The van der Waals surface area contributed by atoms with Crippen molar-refractivity contribution in [3.63, 3.8) is 0 Å². The van der Waals surface area contributed by atoms with Crippen LogP contribution in [-0.2, 0) is 9.47 Å². The predicted octanol–water partition coefficient (Wildman–Crippen LogP) is 3.54. The Labute approximate surface area is 161 Å². The van der Waals surface area contributed by atoms with Crippen molar-refractivity contribution in [3.05, 3.63) is 46.5 Å². The summed E-state index contributed by atoms with van der Waals surface area (Å²) in [5, 5.41) is 3.20. The second-order valence-electron chi connectivity index (χ2n) is 7.36. The second-order valence-corrected chi connectivity index (χ2v) is 7.36. The van der Waals surface area contributed by atoms with Crippen molar-refractivity contribution in [2.45, 2.75) is 51.2 Å². The van der Waals surface area contributed by atoms with E-state index in [1.165, 1.54) is 13.5 Å². The molecule has 3 rings (SSSR count). The van der Waals surface area contributed by atoms with Crippen LogP contribution in [0.2, 0.25) is 0 Å². The number of rotatable bonds is 6. The molecule has 4 nitrogen and oxygen atoms in total. The fourth-order valence-corrected chi connectivity index (χ4v) is 3.29. The maximum atomic E-state index is 15.1. The molecule has 1 aromatic carbocycles. The molecule has 1 aliphatic heterocycles. The molecule has 2 aliphatic rings. The molecule has 5 heteroatoms. The van der Waals surface area contributed by atoms with Gasteiger partial charge in [-0.3, -0.25) is 0 Å². The van der Waals surface area contributed by atoms with Crippen molar-refractivity contribution >= 4 is 0 Å². The molecule has 2 fully saturated rings. The normalized spacial score (nSPS) is 21.3. The summed E-state index contributed by atoms with van der Waals surface area (Å²) in [6.45, 7) is 3.36. The van der Waals surface area contributed by atoms with E-state index >= 15 is 4.39 Å². The monoisotopic (exact) mass is 372 g/mol. The molecule has 0 spiro atoms. The Morgan fingerprint density at radius 2 is 2.22 bits per heavy atom. The Morgan fingerprint density at radius 1 is 1.41 bits per heavy atom. The third-order valence-electron chi connectivity index (χ3n) is 5.07. The number of hydrogen-bond acceptors (Lipinski definition) is 4. The number of aryl methyl sites for hydroxylation is 1. The lowest BCUT2D eigenvalue weighted by atomic mass is 9.97. The molecule has 1 saturated heterocycles. The van der Waals surface area contributed by atoms with Crippen molar-refractivity contribution in [2.24, 2.45) is 11.7 Å². The molecule has 0 bridgehead atoms. The number of nitrogens with one attached hydrogen (secondary N) is 1. The molecule has 0 radical (unpaired) electrons. The summed E-state index contributed by atoms with van der Waals surface area (Å²) in [6.07, 6.45) is 6.82. The highest BCUT2D eigenvalue weighted by Gasteiger charge is 2.23. The summed E-state index contributed by atoms with van der Waals surface area (Å²) in [4.78, 5) is 0. The molecule has 1 aliphatic carbocycles. The minimum absolute atomic E-state index is 0.197. The number of nitrogens with two attached hydrogens (primary N) is 1. The summed E-state index contributed by atoms with van der Waals surface area (Å²) < 4.78 is 26.3. The van der Waals surface area contributed by atoms with E-state index in [9.17, 15) is 0 Å². The van der Waals surface area contributed by atoms with Gasteiger partial charge in [-0.05, 0) is 50.7 Å². The Hall–Kier alpha value is -2.03. The highest BCUT2D eigenvalue weighted by atomic mass is 19.1. The minimum Gasteiger partial charge on any atom is -0.398 e. The summed E-state index contributed by atoms with van der Waals surface area (Å²) in [5.41, 5.74) is 8.31. The van der Waals surface area contributed by atoms with Gasteiger partial charge >= 0.3 is 0 Å². The number of halogens is 1. The molecule has 146 valence electrons. The molecule has 1 heterocycles. The van der Waals surface area contributed by atoms with Gasteiger partial charge < -0.3 is 20.5 Å². The fourth-order valence-electron chi connectivity index (χ4n) is 3.29. The van der Waals surface area contributed by atoms with Crippen LogP contribution in [0.4, 0.5) is 4.39 Å². The van der Waals surface area contributed by atoms with Gasteiger partial charge in [0.15, 0.2) is 0 Å². The fraction of sp³-hybridized carbons (Fsp3) is 0.545. The molecule has 0 aromatic heterocycles. The number of hydrogen-bond donors (Lipinski definition) is 2. The van der Waals surface area contributed by atoms with Crippen molar-refractivity contribution in [2.75, 3.05) is 20.3 Å². The van der Waals surface area contributed by atoms with Gasteiger partial charge in [-0.15, -0.1) is 0 Å². The van der Waals surface area contributed by atoms with Crippen LogP contribution in [0.3, 0.4) is 0 Å². The third kappa shape index (κ3) is 5.24. The van der Waals surface area contributed by atoms with Gasteiger partial charge in [0, 0.05) is 37.9 Å². The zero-order valence-electron chi connectivity index (χ0n) is 16.2. The molecule has 1 aromatic rings. The predicted molar refractivity (Wildman–Crippen MR) is 104 cm³/mol. The van der Waals surface area contributed by atoms with Crippen LogP contribution in [0.25, 0.3) is 0 Å².